The second-order valence-electron chi connectivity index (χ2n) is 4.44. The highest BCUT2D eigenvalue weighted by Crippen LogP contribution is 2.13. The lowest BCUT2D eigenvalue weighted by molar-refractivity contribution is 0.291. The van der Waals surface area contributed by atoms with Crippen LogP contribution in [0.25, 0.3) is 0 Å². The van der Waals surface area contributed by atoms with E-state index in [1.807, 2.05) is 24.3 Å². The van der Waals surface area contributed by atoms with Crippen LogP contribution >= 0.6 is 11.6 Å². The number of halogens is 1. The van der Waals surface area contributed by atoms with Gasteiger partial charge < -0.3 is 10.1 Å². The predicted octanol–water partition coefficient (Wildman–Crippen LogP) is 3.21. The molecule has 0 fully saturated rings. The van der Waals surface area contributed by atoms with Gasteiger partial charge in [0.25, 0.3) is 0 Å². The van der Waals surface area contributed by atoms with Crippen molar-refractivity contribution in [1.82, 2.24) is 15.3 Å². The fourth-order valence-electron chi connectivity index (χ4n) is 1.72. The molecule has 0 aliphatic heterocycles. The van der Waals surface area contributed by atoms with E-state index in [1.54, 1.807) is 12.4 Å². The summed E-state index contributed by atoms with van der Waals surface area (Å²) in [6.07, 6.45) is 4.46. The Balaban J connectivity index is 1.91. The number of aromatic nitrogens is 2. The van der Waals surface area contributed by atoms with Crippen LogP contribution in [0.15, 0.2) is 36.7 Å². The average Bonchev–Trinajstić information content (AvgIpc) is 2.46. The van der Waals surface area contributed by atoms with E-state index in [-0.39, 0.29) is 0 Å². The van der Waals surface area contributed by atoms with Crippen molar-refractivity contribution in [2.24, 2.45) is 0 Å². The molecule has 4 nitrogen and oxygen atoms in total. The zero-order chi connectivity index (χ0) is 14.2. The topological polar surface area (TPSA) is 47.0 Å². The second-order valence-corrected chi connectivity index (χ2v) is 4.88. The molecule has 0 amide bonds. The molecule has 106 valence electrons. The van der Waals surface area contributed by atoms with Crippen molar-refractivity contribution in [3.05, 3.63) is 52.9 Å². The first kappa shape index (κ1) is 14.8. The van der Waals surface area contributed by atoms with E-state index < -0.39 is 0 Å². The smallest absolute Gasteiger partial charge is 0.232 e. The minimum absolute atomic E-state index is 0.432. The Morgan fingerprint density at radius 1 is 1.30 bits per heavy atom. The molecule has 0 aliphatic rings. The minimum atomic E-state index is 0.432. The maximum Gasteiger partial charge on any atom is 0.232 e. The molecule has 5 heteroatoms. The van der Waals surface area contributed by atoms with Crippen LogP contribution in [0.1, 0.15) is 24.6 Å². The van der Waals surface area contributed by atoms with Crippen LogP contribution in [0.3, 0.4) is 0 Å². The Morgan fingerprint density at radius 3 is 3.00 bits per heavy atom. The first-order chi connectivity index (χ1) is 9.78. The van der Waals surface area contributed by atoms with Crippen LogP contribution in [0.2, 0.25) is 5.02 Å². The first-order valence-electron chi connectivity index (χ1n) is 6.67. The Bertz CT molecular complexity index is 548. The van der Waals surface area contributed by atoms with E-state index in [2.05, 4.69) is 22.2 Å². The number of hydrogen-bond donors (Lipinski definition) is 1. The highest BCUT2D eigenvalue weighted by molar-refractivity contribution is 6.30. The summed E-state index contributed by atoms with van der Waals surface area (Å²) in [5.41, 5.74) is 1.89. The molecule has 0 aliphatic carbocycles. The fourth-order valence-corrected chi connectivity index (χ4v) is 1.93. The van der Waals surface area contributed by atoms with Gasteiger partial charge in [0, 0.05) is 17.8 Å². The van der Waals surface area contributed by atoms with Gasteiger partial charge in [0.2, 0.25) is 5.88 Å². The highest BCUT2D eigenvalue weighted by Gasteiger charge is 2.01. The Kier molecular flexibility index (Phi) is 5.77. The van der Waals surface area contributed by atoms with E-state index in [4.69, 9.17) is 16.3 Å². The van der Waals surface area contributed by atoms with Crippen molar-refractivity contribution in [3.63, 3.8) is 0 Å². The number of rotatable bonds is 7. The van der Waals surface area contributed by atoms with Gasteiger partial charge in [-0.25, -0.2) is 4.98 Å². The van der Waals surface area contributed by atoms with Gasteiger partial charge in [0.15, 0.2) is 0 Å². The van der Waals surface area contributed by atoms with Crippen molar-refractivity contribution < 1.29 is 4.74 Å². The van der Waals surface area contributed by atoms with Crippen molar-refractivity contribution in [3.8, 4) is 5.88 Å². The number of nitrogens with one attached hydrogen (secondary N) is 1. The molecule has 0 saturated carbocycles. The maximum absolute atomic E-state index is 5.93. The third-order valence-electron chi connectivity index (χ3n) is 2.67. The minimum Gasteiger partial charge on any atom is -0.472 e. The van der Waals surface area contributed by atoms with E-state index >= 15 is 0 Å². The normalized spacial score (nSPS) is 10.5. The highest BCUT2D eigenvalue weighted by atomic mass is 35.5. The summed E-state index contributed by atoms with van der Waals surface area (Å²) in [6.45, 7) is 4.23. The quantitative estimate of drug-likeness (QED) is 0.796. The van der Waals surface area contributed by atoms with Crippen LogP contribution in [0.4, 0.5) is 0 Å². The molecule has 0 unspecified atom stereocenters. The SMILES string of the molecule is CCCNCc1cncc(OCc2cccc(Cl)c2)n1. The standard InChI is InChI=1S/C15H18ClN3O/c1-2-6-17-8-14-9-18-10-15(19-14)20-11-12-4-3-5-13(16)7-12/h3-5,7,9-10,17H,2,6,8,11H2,1H3. The van der Waals surface area contributed by atoms with Gasteiger partial charge in [-0.3, -0.25) is 4.98 Å². The molecule has 0 spiro atoms. The second kappa shape index (κ2) is 7.82. The van der Waals surface area contributed by atoms with Gasteiger partial charge >= 0.3 is 0 Å². The summed E-state index contributed by atoms with van der Waals surface area (Å²) in [7, 11) is 0. The number of nitrogens with zero attached hydrogens (tertiary/aromatic N) is 2. The van der Waals surface area contributed by atoms with Gasteiger partial charge in [-0.1, -0.05) is 30.7 Å². The number of benzene rings is 1. The lowest BCUT2D eigenvalue weighted by Crippen LogP contribution is -2.15. The van der Waals surface area contributed by atoms with Crippen molar-refractivity contribution >= 4 is 11.6 Å². The Hall–Kier alpha value is -1.65. The van der Waals surface area contributed by atoms with Gasteiger partial charge in [0.05, 0.1) is 11.9 Å². The van der Waals surface area contributed by atoms with Crippen molar-refractivity contribution in [1.29, 1.82) is 0 Å². The molecule has 20 heavy (non-hydrogen) atoms. The van der Waals surface area contributed by atoms with E-state index in [1.165, 1.54) is 0 Å². The molecule has 1 aromatic heterocycles. The van der Waals surface area contributed by atoms with Gasteiger partial charge in [-0.2, -0.15) is 0 Å². The molecule has 1 aromatic carbocycles. The average molecular weight is 292 g/mol. The molecule has 0 bridgehead atoms. The third-order valence-corrected chi connectivity index (χ3v) is 2.91. The van der Waals surface area contributed by atoms with Crippen molar-refractivity contribution in [2.75, 3.05) is 6.54 Å². The van der Waals surface area contributed by atoms with Crippen LogP contribution in [-0.2, 0) is 13.2 Å². The van der Waals surface area contributed by atoms with E-state index in [0.717, 1.165) is 24.2 Å². The summed E-state index contributed by atoms with van der Waals surface area (Å²) in [4.78, 5) is 8.54. The summed E-state index contributed by atoms with van der Waals surface area (Å²) in [5.74, 6) is 0.528. The molecule has 2 aromatic rings. The van der Waals surface area contributed by atoms with E-state index in [0.29, 0.717) is 24.1 Å². The van der Waals surface area contributed by atoms with Gasteiger partial charge in [-0.15, -0.1) is 0 Å². The monoisotopic (exact) mass is 291 g/mol. The van der Waals surface area contributed by atoms with Crippen LogP contribution < -0.4 is 10.1 Å². The van der Waals surface area contributed by atoms with Crippen LogP contribution in [0, 0.1) is 0 Å². The number of ether oxygens (including phenoxy) is 1. The zero-order valence-corrected chi connectivity index (χ0v) is 12.2. The summed E-state index contributed by atoms with van der Waals surface area (Å²) >= 11 is 5.93. The van der Waals surface area contributed by atoms with Gasteiger partial charge in [0.1, 0.15) is 6.61 Å². The lowest BCUT2D eigenvalue weighted by Gasteiger charge is -2.07. The summed E-state index contributed by atoms with van der Waals surface area (Å²) in [5, 5.41) is 3.99. The van der Waals surface area contributed by atoms with Crippen molar-refractivity contribution in [2.45, 2.75) is 26.5 Å². The Morgan fingerprint density at radius 2 is 2.20 bits per heavy atom. The molecular formula is C15H18ClN3O. The van der Waals surface area contributed by atoms with Crippen LogP contribution in [0.5, 0.6) is 5.88 Å². The van der Waals surface area contributed by atoms with Gasteiger partial charge in [-0.05, 0) is 30.7 Å². The molecule has 2 rings (SSSR count). The first-order valence-corrected chi connectivity index (χ1v) is 7.04. The molecule has 1 N–H and O–H groups in total. The summed E-state index contributed by atoms with van der Waals surface area (Å²) < 4.78 is 5.63. The summed E-state index contributed by atoms with van der Waals surface area (Å²) in [6, 6.07) is 7.58. The third kappa shape index (κ3) is 4.79. The number of hydrogen-bond acceptors (Lipinski definition) is 4. The molecule has 1 heterocycles. The molecular weight excluding hydrogens is 274 g/mol. The molecule has 0 radical (unpaired) electrons. The predicted molar refractivity (Wildman–Crippen MR) is 79.8 cm³/mol. The van der Waals surface area contributed by atoms with E-state index in [9.17, 15) is 0 Å². The zero-order valence-electron chi connectivity index (χ0n) is 11.5. The van der Waals surface area contributed by atoms with Crippen LogP contribution in [-0.4, -0.2) is 16.5 Å². The fraction of sp³-hybridized carbons (Fsp3) is 0.333. The largest absolute Gasteiger partial charge is 0.472 e. The lowest BCUT2D eigenvalue weighted by atomic mass is 10.2. The molecule has 0 atom stereocenters. The Labute approximate surface area is 124 Å². The maximum atomic E-state index is 5.93. The molecule has 0 saturated heterocycles.